The first-order valence-electron chi connectivity index (χ1n) is 7.04. The highest BCUT2D eigenvalue weighted by molar-refractivity contribution is 7.89. The molecule has 0 spiro atoms. The van der Waals surface area contributed by atoms with Gasteiger partial charge in [-0.15, -0.1) is 0 Å². The second kappa shape index (κ2) is 6.52. The summed E-state index contributed by atoms with van der Waals surface area (Å²) in [4.78, 5) is 12.4. The third-order valence-corrected chi connectivity index (χ3v) is 5.30. The van der Waals surface area contributed by atoms with E-state index in [1.807, 2.05) is 32.0 Å². The summed E-state index contributed by atoms with van der Waals surface area (Å²) in [6.45, 7) is 3.73. The average molecular weight is 333 g/mol. The van der Waals surface area contributed by atoms with E-state index < -0.39 is 16.0 Å². The molecule has 2 aromatic carbocycles. The Bertz CT molecular complexity index is 804. The highest BCUT2D eigenvalue weighted by Gasteiger charge is 2.18. The maximum Gasteiger partial charge on any atom is 0.343 e. The normalized spacial score (nSPS) is 11.5. The topological polar surface area (TPSA) is 63.7 Å². The molecule has 122 valence electrons. The van der Waals surface area contributed by atoms with Gasteiger partial charge in [0.1, 0.15) is 5.75 Å². The Balaban J connectivity index is 2.25. The highest BCUT2D eigenvalue weighted by atomic mass is 32.2. The van der Waals surface area contributed by atoms with Gasteiger partial charge in [0.25, 0.3) is 0 Å². The standard InChI is InChI=1S/C17H19NO4S/c1-12-6-5-7-13(2)16(12)22-17(19)14-8-10-15(11-9-14)23(20,21)18(3)4/h5-11H,1-4H3. The maximum absolute atomic E-state index is 12.2. The summed E-state index contributed by atoms with van der Waals surface area (Å²) >= 11 is 0. The van der Waals surface area contributed by atoms with Gasteiger partial charge in [-0.3, -0.25) is 0 Å². The number of nitrogens with zero attached hydrogens (tertiary/aromatic N) is 1. The fraction of sp³-hybridized carbons (Fsp3) is 0.235. The SMILES string of the molecule is Cc1cccc(C)c1OC(=O)c1ccc(S(=O)(=O)N(C)C)cc1. The van der Waals surface area contributed by atoms with Gasteiger partial charge in [0.2, 0.25) is 10.0 Å². The molecule has 0 radical (unpaired) electrons. The summed E-state index contributed by atoms with van der Waals surface area (Å²) in [5, 5.41) is 0. The number of sulfonamides is 1. The van der Waals surface area contributed by atoms with Crippen molar-refractivity contribution < 1.29 is 17.9 Å². The molecule has 2 aromatic rings. The number of aryl methyl sites for hydroxylation is 2. The first kappa shape index (κ1) is 17.2. The van der Waals surface area contributed by atoms with Crippen molar-refractivity contribution in [1.82, 2.24) is 4.31 Å². The van der Waals surface area contributed by atoms with Crippen LogP contribution in [0.3, 0.4) is 0 Å². The monoisotopic (exact) mass is 333 g/mol. The quantitative estimate of drug-likeness (QED) is 0.637. The van der Waals surface area contributed by atoms with E-state index in [1.165, 1.54) is 38.4 Å². The van der Waals surface area contributed by atoms with Gasteiger partial charge in [0.05, 0.1) is 10.5 Å². The Morgan fingerprint density at radius 3 is 1.96 bits per heavy atom. The smallest absolute Gasteiger partial charge is 0.343 e. The first-order valence-corrected chi connectivity index (χ1v) is 8.48. The Kier molecular flexibility index (Phi) is 4.87. The molecular weight excluding hydrogens is 314 g/mol. The van der Waals surface area contributed by atoms with Crippen molar-refractivity contribution in [2.75, 3.05) is 14.1 Å². The summed E-state index contributed by atoms with van der Waals surface area (Å²) in [5.41, 5.74) is 2.03. The predicted octanol–water partition coefficient (Wildman–Crippen LogP) is 2.77. The lowest BCUT2D eigenvalue weighted by molar-refractivity contribution is 0.0732. The van der Waals surface area contributed by atoms with Crippen LogP contribution in [-0.2, 0) is 10.0 Å². The minimum Gasteiger partial charge on any atom is -0.422 e. The van der Waals surface area contributed by atoms with E-state index in [0.717, 1.165) is 15.4 Å². The van der Waals surface area contributed by atoms with Gasteiger partial charge in [-0.1, -0.05) is 18.2 Å². The highest BCUT2D eigenvalue weighted by Crippen LogP contribution is 2.24. The van der Waals surface area contributed by atoms with Crippen LogP contribution in [0.1, 0.15) is 21.5 Å². The van der Waals surface area contributed by atoms with E-state index in [2.05, 4.69) is 0 Å². The van der Waals surface area contributed by atoms with E-state index in [1.54, 1.807) is 0 Å². The van der Waals surface area contributed by atoms with E-state index in [0.29, 0.717) is 11.3 Å². The number of rotatable bonds is 4. The lowest BCUT2D eigenvalue weighted by Crippen LogP contribution is -2.22. The molecule has 6 heteroatoms. The molecule has 0 saturated carbocycles. The average Bonchev–Trinajstić information content (AvgIpc) is 2.51. The molecular formula is C17H19NO4S. The van der Waals surface area contributed by atoms with Crippen LogP contribution in [0.15, 0.2) is 47.4 Å². The zero-order valence-electron chi connectivity index (χ0n) is 13.5. The van der Waals surface area contributed by atoms with E-state index >= 15 is 0 Å². The molecule has 0 N–H and O–H groups in total. The van der Waals surface area contributed by atoms with E-state index in [9.17, 15) is 13.2 Å². The molecule has 5 nitrogen and oxygen atoms in total. The number of benzene rings is 2. The second-order valence-electron chi connectivity index (χ2n) is 5.42. The molecule has 0 aromatic heterocycles. The van der Waals surface area contributed by atoms with Crippen molar-refractivity contribution in [2.45, 2.75) is 18.7 Å². The summed E-state index contributed by atoms with van der Waals surface area (Å²) < 4.78 is 30.6. The summed E-state index contributed by atoms with van der Waals surface area (Å²) in [6, 6.07) is 11.3. The molecule has 0 atom stereocenters. The van der Waals surface area contributed by atoms with Gasteiger partial charge in [0, 0.05) is 14.1 Å². The van der Waals surface area contributed by atoms with Gasteiger partial charge in [0.15, 0.2) is 0 Å². The zero-order chi connectivity index (χ0) is 17.2. The van der Waals surface area contributed by atoms with Crippen LogP contribution in [0.4, 0.5) is 0 Å². The third kappa shape index (κ3) is 3.60. The van der Waals surface area contributed by atoms with Gasteiger partial charge >= 0.3 is 5.97 Å². The lowest BCUT2D eigenvalue weighted by atomic mass is 10.1. The van der Waals surface area contributed by atoms with Crippen LogP contribution in [0.5, 0.6) is 5.75 Å². The van der Waals surface area contributed by atoms with Crippen LogP contribution in [0, 0.1) is 13.8 Å². The van der Waals surface area contributed by atoms with Gasteiger partial charge in [-0.2, -0.15) is 0 Å². The van der Waals surface area contributed by atoms with E-state index in [4.69, 9.17) is 4.74 Å². The number of esters is 1. The van der Waals surface area contributed by atoms with Crippen LogP contribution in [-0.4, -0.2) is 32.8 Å². The van der Waals surface area contributed by atoms with Crippen molar-refractivity contribution in [3.63, 3.8) is 0 Å². The largest absolute Gasteiger partial charge is 0.422 e. The van der Waals surface area contributed by atoms with E-state index in [-0.39, 0.29) is 4.90 Å². The van der Waals surface area contributed by atoms with Crippen LogP contribution in [0.25, 0.3) is 0 Å². The van der Waals surface area contributed by atoms with Crippen molar-refractivity contribution >= 4 is 16.0 Å². The van der Waals surface area contributed by atoms with Gasteiger partial charge < -0.3 is 4.74 Å². The Labute approximate surface area is 136 Å². The number of carbonyl (C=O) groups excluding carboxylic acids is 1. The van der Waals surface area contributed by atoms with Gasteiger partial charge in [-0.25, -0.2) is 17.5 Å². The van der Waals surface area contributed by atoms with Crippen LogP contribution < -0.4 is 4.74 Å². The molecule has 0 unspecified atom stereocenters. The Morgan fingerprint density at radius 1 is 0.957 bits per heavy atom. The molecule has 0 bridgehead atoms. The minimum absolute atomic E-state index is 0.131. The Morgan fingerprint density at radius 2 is 1.48 bits per heavy atom. The summed E-state index contributed by atoms with van der Waals surface area (Å²) in [5.74, 6) is 0.0127. The molecule has 0 amide bonds. The minimum atomic E-state index is -3.51. The van der Waals surface area contributed by atoms with Crippen LogP contribution >= 0.6 is 0 Å². The number of ether oxygens (including phenoxy) is 1. The van der Waals surface area contributed by atoms with Crippen molar-refractivity contribution in [3.05, 3.63) is 59.2 Å². The maximum atomic E-state index is 12.2. The molecule has 0 heterocycles. The fourth-order valence-electron chi connectivity index (χ4n) is 2.09. The molecule has 0 aliphatic carbocycles. The first-order chi connectivity index (χ1) is 10.7. The summed E-state index contributed by atoms with van der Waals surface area (Å²) in [6.07, 6.45) is 0. The van der Waals surface area contributed by atoms with Crippen molar-refractivity contribution in [3.8, 4) is 5.75 Å². The van der Waals surface area contributed by atoms with Gasteiger partial charge in [-0.05, 0) is 49.2 Å². The Hall–Kier alpha value is -2.18. The number of carbonyl (C=O) groups is 1. The van der Waals surface area contributed by atoms with Crippen molar-refractivity contribution in [1.29, 1.82) is 0 Å². The lowest BCUT2D eigenvalue weighted by Gasteiger charge is -2.12. The molecule has 0 aliphatic rings. The molecule has 0 saturated heterocycles. The molecule has 23 heavy (non-hydrogen) atoms. The number of hydrogen-bond donors (Lipinski definition) is 0. The molecule has 0 fully saturated rings. The van der Waals surface area contributed by atoms with Crippen LogP contribution in [0.2, 0.25) is 0 Å². The van der Waals surface area contributed by atoms with Crippen molar-refractivity contribution in [2.24, 2.45) is 0 Å². The third-order valence-electron chi connectivity index (χ3n) is 3.47. The predicted molar refractivity (Wildman–Crippen MR) is 88.2 cm³/mol. The number of para-hydroxylation sites is 1. The molecule has 2 rings (SSSR count). The number of hydrogen-bond acceptors (Lipinski definition) is 4. The summed E-state index contributed by atoms with van der Waals surface area (Å²) in [7, 11) is -0.597. The second-order valence-corrected chi connectivity index (χ2v) is 7.57. The zero-order valence-corrected chi connectivity index (χ0v) is 14.3. The molecule has 0 aliphatic heterocycles. The fourth-order valence-corrected chi connectivity index (χ4v) is 2.99.